The number of hydrogen-bond donors (Lipinski definition) is 1. The van der Waals surface area contributed by atoms with Crippen LogP contribution in [0.1, 0.15) is 31.8 Å². The second-order valence-corrected chi connectivity index (χ2v) is 6.06. The van der Waals surface area contributed by atoms with E-state index >= 15 is 0 Å². The molecule has 0 fully saturated rings. The lowest BCUT2D eigenvalue weighted by molar-refractivity contribution is -0.137. The first-order valence-corrected chi connectivity index (χ1v) is 7.99. The Bertz CT molecular complexity index is 959. The van der Waals surface area contributed by atoms with Gasteiger partial charge in [0.05, 0.1) is 29.8 Å². The molecule has 0 saturated carbocycles. The summed E-state index contributed by atoms with van der Waals surface area (Å²) in [7, 11) is 0. The maximum absolute atomic E-state index is 14.1. The molecule has 1 aliphatic heterocycles. The third-order valence-electron chi connectivity index (χ3n) is 4.22. The van der Waals surface area contributed by atoms with Crippen LogP contribution in [0.3, 0.4) is 0 Å². The SMILES string of the molecule is NC(=O)c1cc(C(F)(F)F)ccc1C(=O)N1CCOc2cc(F)cc(F)c2C1. The van der Waals surface area contributed by atoms with E-state index in [9.17, 15) is 31.5 Å². The Balaban J connectivity index is 1.98. The normalized spacial score (nSPS) is 14.1. The van der Waals surface area contributed by atoms with E-state index in [2.05, 4.69) is 0 Å². The number of carbonyl (C=O) groups is 2. The highest BCUT2D eigenvalue weighted by atomic mass is 19.4. The summed E-state index contributed by atoms with van der Waals surface area (Å²) in [5.74, 6) is -3.90. The molecule has 0 aliphatic carbocycles. The van der Waals surface area contributed by atoms with E-state index < -0.39 is 40.8 Å². The van der Waals surface area contributed by atoms with Crippen molar-refractivity contribution in [3.05, 3.63) is 64.2 Å². The first kappa shape index (κ1) is 19.6. The Morgan fingerprint density at radius 2 is 1.79 bits per heavy atom. The van der Waals surface area contributed by atoms with Crippen molar-refractivity contribution < 1.29 is 36.3 Å². The fraction of sp³-hybridized carbons (Fsp3) is 0.222. The number of amides is 2. The van der Waals surface area contributed by atoms with Gasteiger partial charge in [-0.25, -0.2) is 8.78 Å². The van der Waals surface area contributed by atoms with Gasteiger partial charge in [0.2, 0.25) is 5.91 Å². The molecule has 0 radical (unpaired) electrons. The molecular weight excluding hydrogens is 387 g/mol. The van der Waals surface area contributed by atoms with Crippen LogP contribution >= 0.6 is 0 Å². The third-order valence-corrected chi connectivity index (χ3v) is 4.22. The van der Waals surface area contributed by atoms with Gasteiger partial charge in [0.1, 0.15) is 24.0 Å². The minimum absolute atomic E-state index is 0.0617. The molecule has 148 valence electrons. The summed E-state index contributed by atoms with van der Waals surface area (Å²) in [6.07, 6.45) is -4.73. The van der Waals surface area contributed by atoms with Crippen LogP contribution in [0.2, 0.25) is 0 Å². The molecule has 0 unspecified atom stereocenters. The first-order valence-electron chi connectivity index (χ1n) is 7.99. The highest BCUT2D eigenvalue weighted by molar-refractivity contribution is 6.06. The van der Waals surface area contributed by atoms with Crippen molar-refractivity contribution in [3.63, 3.8) is 0 Å². The molecule has 5 nitrogen and oxygen atoms in total. The Morgan fingerprint density at radius 3 is 2.43 bits per heavy atom. The monoisotopic (exact) mass is 400 g/mol. The number of alkyl halides is 3. The van der Waals surface area contributed by atoms with Crippen LogP contribution in [-0.4, -0.2) is 29.9 Å². The molecule has 0 spiro atoms. The Labute approximate surface area is 155 Å². The zero-order chi connectivity index (χ0) is 20.6. The van der Waals surface area contributed by atoms with E-state index in [0.29, 0.717) is 18.2 Å². The molecule has 1 aliphatic rings. The molecule has 10 heteroatoms. The van der Waals surface area contributed by atoms with Gasteiger partial charge in [-0.05, 0) is 18.2 Å². The highest BCUT2D eigenvalue weighted by Crippen LogP contribution is 2.32. The van der Waals surface area contributed by atoms with Gasteiger partial charge < -0.3 is 15.4 Å². The van der Waals surface area contributed by atoms with Crippen molar-refractivity contribution in [2.24, 2.45) is 5.73 Å². The van der Waals surface area contributed by atoms with Gasteiger partial charge in [-0.1, -0.05) is 0 Å². The third kappa shape index (κ3) is 3.75. The second kappa shape index (κ2) is 7.10. The van der Waals surface area contributed by atoms with E-state index in [1.807, 2.05) is 0 Å². The van der Waals surface area contributed by atoms with Crippen molar-refractivity contribution >= 4 is 11.8 Å². The van der Waals surface area contributed by atoms with Gasteiger partial charge in [-0.2, -0.15) is 13.2 Å². The molecule has 0 saturated heterocycles. The largest absolute Gasteiger partial charge is 0.491 e. The van der Waals surface area contributed by atoms with Gasteiger partial charge >= 0.3 is 6.18 Å². The number of rotatable bonds is 2. The number of nitrogens with two attached hydrogens (primary N) is 1. The standard InChI is InChI=1S/C18H13F5N2O3/c19-10-6-14(20)13-8-25(3-4-28-15(13)7-10)17(27)11-2-1-9(18(21,22)23)5-12(11)16(24)26/h1-2,5-7H,3-4,8H2,(H2,24,26). The lowest BCUT2D eigenvalue weighted by atomic mass is 10.0. The van der Waals surface area contributed by atoms with Gasteiger partial charge in [0.15, 0.2) is 0 Å². The van der Waals surface area contributed by atoms with E-state index in [1.165, 1.54) is 0 Å². The Hall–Kier alpha value is -3.17. The number of primary amides is 1. The fourth-order valence-electron chi connectivity index (χ4n) is 2.85. The van der Waals surface area contributed by atoms with Crippen molar-refractivity contribution in [2.75, 3.05) is 13.2 Å². The number of hydrogen-bond acceptors (Lipinski definition) is 3. The second-order valence-electron chi connectivity index (χ2n) is 6.06. The molecule has 1 heterocycles. The molecule has 0 aromatic heterocycles. The molecule has 2 aromatic carbocycles. The maximum atomic E-state index is 14.1. The summed E-state index contributed by atoms with van der Waals surface area (Å²) < 4.78 is 71.3. The molecule has 0 bridgehead atoms. The first-order chi connectivity index (χ1) is 13.1. The maximum Gasteiger partial charge on any atom is 0.416 e. The highest BCUT2D eigenvalue weighted by Gasteiger charge is 2.33. The topological polar surface area (TPSA) is 72.6 Å². The molecular formula is C18H13F5N2O3. The van der Waals surface area contributed by atoms with E-state index in [4.69, 9.17) is 10.5 Å². The number of carbonyl (C=O) groups excluding carboxylic acids is 2. The van der Waals surface area contributed by atoms with Crippen LogP contribution in [0.5, 0.6) is 5.75 Å². The van der Waals surface area contributed by atoms with Crippen LogP contribution in [0, 0.1) is 11.6 Å². The summed E-state index contributed by atoms with van der Waals surface area (Å²) in [5.41, 5.74) is 2.96. The molecule has 2 amide bonds. The van der Waals surface area contributed by atoms with Crippen LogP contribution in [0.4, 0.5) is 22.0 Å². The van der Waals surface area contributed by atoms with Crippen molar-refractivity contribution in [2.45, 2.75) is 12.7 Å². The Kier molecular flexibility index (Phi) is 4.97. The number of nitrogens with zero attached hydrogens (tertiary/aromatic N) is 1. The summed E-state index contributed by atoms with van der Waals surface area (Å²) in [5, 5.41) is 0. The van der Waals surface area contributed by atoms with E-state index in [0.717, 1.165) is 17.0 Å². The van der Waals surface area contributed by atoms with E-state index in [1.54, 1.807) is 0 Å². The lowest BCUT2D eigenvalue weighted by Crippen LogP contribution is -2.34. The molecule has 0 atom stereocenters. The summed E-state index contributed by atoms with van der Waals surface area (Å²) in [6.45, 7) is -0.485. The fourth-order valence-corrected chi connectivity index (χ4v) is 2.85. The predicted octanol–water partition coefficient (Wildman–Crippen LogP) is 3.12. The summed E-state index contributed by atoms with van der Waals surface area (Å²) in [4.78, 5) is 25.5. The molecule has 2 aromatic rings. The van der Waals surface area contributed by atoms with Gasteiger partial charge in [0.25, 0.3) is 5.91 Å². The minimum Gasteiger partial charge on any atom is -0.491 e. The smallest absolute Gasteiger partial charge is 0.416 e. The zero-order valence-electron chi connectivity index (χ0n) is 14.1. The van der Waals surface area contributed by atoms with Crippen molar-refractivity contribution in [3.8, 4) is 5.75 Å². The minimum atomic E-state index is -4.73. The van der Waals surface area contributed by atoms with Crippen LogP contribution in [0.15, 0.2) is 30.3 Å². The zero-order valence-corrected chi connectivity index (χ0v) is 14.1. The average Bonchev–Trinajstić information content (AvgIpc) is 2.82. The van der Waals surface area contributed by atoms with Crippen LogP contribution in [0.25, 0.3) is 0 Å². The van der Waals surface area contributed by atoms with E-state index in [-0.39, 0.29) is 36.6 Å². The molecule has 2 N–H and O–H groups in total. The van der Waals surface area contributed by atoms with Crippen molar-refractivity contribution in [1.82, 2.24) is 4.90 Å². The van der Waals surface area contributed by atoms with Crippen LogP contribution < -0.4 is 10.5 Å². The quantitative estimate of drug-likeness (QED) is 0.788. The van der Waals surface area contributed by atoms with Crippen LogP contribution in [-0.2, 0) is 12.7 Å². The molecule has 3 rings (SSSR count). The lowest BCUT2D eigenvalue weighted by Gasteiger charge is -2.21. The molecule has 28 heavy (non-hydrogen) atoms. The summed E-state index contributed by atoms with van der Waals surface area (Å²) in [6, 6.07) is 3.59. The number of ether oxygens (including phenoxy) is 1. The predicted molar refractivity (Wildman–Crippen MR) is 86.6 cm³/mol. The average molecular weight is 400 g/mol. The van der Waals surface area contributed by atoms with Crippen molar-refractivity contribution in [1.29, 1.82) is 0 Å². The number of halogens is 5. The van der Waals surface area contributed by atoms with Gasteiger partial charge in [0, 0.05) is 17.7 Å². The number of benzene rings is 2. The van der Waals surface area contributed by atoms with Gasteiger partial charge in [-0.15, -0.1) is 0 Å². The van der Waals surface area contributed by atoms with Gasteiger partial charge in [-0.3, -0.25) is 9.59 Å². The Morgan fingerprint density at radius 1 is 1.07 bits per heavy atom. The number of fused-ring (bicyclic) bond motifs is 1. The summed E-state index contributed by atoms with van der Waals surface area (Å²) >= 11 is 0.